The number of likely N-dealkylation sites (tertiary alicyclic amines) is 1. The molecule has 1 aliphatic rings. The maximum absolute atomic E-state index is 12.7. The molecule has 1 aliphatic heterocycles. The predicted octanol–water partition coefficient (Wildman–Crippen LogP) is 2.11. The maximum atomic E-state index is 12.7. The Kier molecular flexibility index (Phi) is 3.87. The molecule has 0 saturated carbocycles. The fraction of sp³-hybridized carbons (Fsp3) is 0.412. The summed E-state index contributed by atoms with van der Waals surface area (Å²) in [4.78, 5) is 19.1. The topological polar surface area (TPSA) is 114 Å². The third kappa shape index (κ3) is 2.84. The molecule has 8 heteroatoms. The van der Waals surface area contributed by atoms with Gasteiger partial charge in [0.1, 0.15) is 11.6 Å². The molecule has 3 N–H and O–H groups in total. The number of aromatic amines is 1. The zero-order valence-corrected chi connectivity index (χ0v) is 14.0. The molecule has 4 rings (SSSR count). The summed E-state index contributed by atoms with van der Waals surface area (Å²) in [5.74, 6) is 1.34. The molecule has 0 aliphatic carbocycles. The van der Waals surface area contributed by atoms with E-state index < -0.39 is 0 Å². The predicted molar refractivity (Wildman–Crippen MR) is 92.1 cm³/mol. The molecule has 0 unspecified atom stereocenters. The summed E-state index contributed by atoms with van der Waals surface area (Å²) in [6.07, 6.45) is 2.64. The number of nitrogens with zero attached hydrogens (tertiary/aromatic N) is 4. The number of rotatable bonds is 3. The number of aromatic nitrogens is 4. The van der Waals surface area contributed by atoms with E-state index >= 15 is 0 Å². The number of aryl methyl sites for hydroxylation is 1. The molecule has 0 bridgehead atoms. The van der Waals surface area contributed by atoms with Crippen LogP contribution in [0.2, 0.25) is 0 Å². The summed E-state index contributed by atoms with van der Waals surface area (Å²) < 4.78 is 5.15. The number of nitrogen functional groups attached to an aromatic ring is 1. The Hall–Kier alpha value is -2.90. The number of carbonyl (C=O) groups excluding carboxylic acids is 1. The van der Waals surface area contributed by atoms with Crippen LogP contribution in [0.15, 0.2) is 22.7 Å². The Balaban J connectivity index is 1.54. The van der Waals surface area contributed by atoms with Gasteiger partial charge in [0.2, 0.25) is 0 Å². The molecule has 1 amide bonds. The number of amides is 1. The summed E-state index contributed by atoms with van der Waals surface area (Å²) >= 11 is 0. The maximum Gasteiger partial charge on any atom is 0.276 e. The van der Waals surface area contributed by atoms with Crippen LogP contribution in [0, 0.1) is 0 Å². The zero-order valence-electron chi connectivity index (χ0n) is 14.0. The smallest absolute Gasteiger partial charge is 0.276 e. The van der Waals surface area contributed by atoms with E-state index in [2.05, 4.69) is 20.3 Å². The third-order valence-corrected chi connectivity index (χ3v) is 4.72. The molecule has 1 fully saturated rings. The van der Waals surface area contributed by atoms with Gasteiger partial charge >= 0.3 is 0 Å². The van der Waals surface area contributed by atoms with E-state index in [0.717, 1.165) is 42.6 Å². The average Bonchev–Trinajstić information content (AvgIpc) is 3.28. The highest BCUT2D eigenvalue weighted by Gasteiger charge is 2.28. The lowest BCUT2D eigenvalue weighted by Gasteiger charge is -2.31. The monoisotopic (exact) mass is 340 g/mol. The normalized spacial score (nSPS) is 18.0. The third-order valence-electron chi connectivity index (χ3n) is 4.72. The highest BCUT2D eigenvalue weighted by molar-refractivity contribution is 5.92. The minimum Gasteiger partial charge on any atom is -0.384 e. The van der Waals surface area contributed by atoms with Crippen molar-refractivity contribution in [1.29, 1.82) is 0 Å². The van der Waals surface area contributed by atoms with Gasteiger partial charge in [-0.1, -0.05) is 12.1 Å². The number of anilines is 1. The first-order chi connectivity index (χ1) is 12.2. The van der Waals surface area contributed by atoms with Crippen LogP contribution in [0.4, 0.5) is 5.82 Å². The summed E-state index contributed by atoms with van der Waals surface area (Å²) in [6.45, 7) is 3.31. The fourth-order valence-electron chi connectivity index (χ4n) is 3.30. The van der Waals surface area contributed by atoms with Gasteiger partial charge in [0.15, 0.2) is 11.3 Å². The Morgan fingerprint density at radius 1 is 1.48 bits per heavy atom. The van der Waals surface area contributed by atoms with E-state index in [1.165, 1.54) is 0 Å². The van der Waals surface area contributed by atoms with E-state index in [9.17, 15) is 4.79 Å². The fourth-order valence-corrected chi connectivity index (χ4v) is 3.30. The van der Waals surface area contributed by atoms with Crippen molar-refractivity contribution in [3.8, 4) is 0 Å². The zero-order chi connectivity index (χ0) is 17.4. The quantitative estimate of drug-likeness (QED) is 0.755. The van der Waals surface area contributed by atoms with Crippen LogP contribution in [0.25, 0.3) is 11.0 Å². The average molecular weight is 340 g/mol. The lowest BCUT2D eigenvalue weighted by atomic mass is 9.94. The molecule has 0 radical (unpaired) electrons. The van der Waals surface area contributed by atoms with Crippen LogP contribution in [0.3, 0.4) is 0 Å². The number of pyridine rings is 1. The highest BCUT2D eigenvalue weighted by Crippen LogP contribution is 2.28. The molecule has 0 aromatic carbocycles. The van der Waals surface area contributed by atoms with Gasteiger partial charge in [-0.3, -0.25) is 9.89 Å². The summed E-state index contributed by atoms with van der Waals surface area (Å²) in [5, 5.41) is 11.6. The minimum absolute atomic E-state index is 0.0850. The van der Waals surface area contributed by atoms with Crippen molar-refractivity contribution < 1.29 is 9.32 Å². The molecule has 130 valence electrons. The highest BCUT2D eigenvalue weighted by atomic mass is 16.5. The number of carbonyl (C=O) groups is 1. The first-order valence-electron chi connectivity index (χ1n) is 8.51. The first kappa shape index (κ1) is 15.6. The SMILES string of the molecule is CCc1cc(C(=O)N2CCC[C@@H](c3ccc4c(N)[nH]nc4n3)C2)no1. The van der Waals surface area contributed by atoms with Gasteiger partial charge < -0.3 is 15.2 Å². The Morgan fingerprint density at radius 2 is 2.36 bits per heavy atom. The molecule has 8 nitrogen and oxygen atoms in total. The van der Waals surface area contributed by atoms with Crippen molar-refractivity contribution in [1.82, 2.24) is 25.2 Å². The molecule has 1 saturated heterocycles. The Bertz CT molecular complexity index is 915. The molecular weight excluding hydrogens is 320 g/mol. The molecule has 1 atom stereocenters. The van der Waals surface area contributed by atoms with Gasteiger partial charge in [-0.15, -0.1) is 0 Å². The van der Waals surface area contributed by atoms with Crippen molar-refractivity contribution in [3.63, 3.8) is 0 Å². The lowest BCUT2D eigenvalue weighted by Crippen LogP contribution is -2.39. The van der Waals surface area contributed by atoms with E-state index in [4.69, 9.17) is 10.3 Å². The van der Waals surface area contributed by atoms with E-state index in [-0.39, 0.29) is 11.8 Å². The molecular formula is C17H20N6O2. The first-order valence-corrected chi connectivity index (χ1v) is 8.51. The summed E-state index contributed by atoms with van der Waals surface area (Å²) in [6, 6.07) is 5.63. The van der Waals surface area contributed by atoms with Crippen molar-refractivity contribution in [2.24, 2.45) is 0 Å². The standard InChI is InChI=1S/C17H20N6O2/c1-2-11-8-14(22-25-11)17(24)23-7-3-4-10(9-23)13-6-5-12-15(18)20-21-16(12)19-13/h5-6,8,10H,2-4,7,9H2,1H3,(H3,18,19,20,21)/t10-/m1/s1. The number of hydrogen-bond donors (Lipinski definition) is 2. The van der Waals surface area contributed by atoms with Gasteiger partial charge in [0.25, 0.3) is 5.91 Å². The molecule has 0 spiro atoms. The van der Waals surface area contributed by atoms with Crippen LogP contribution in [0.1, 0.15) is 47.6 Å². The van der Waals surface area contributed by atoms with E-state index in [1.54, 1.807) is 6.07 Å². The van der Waals surface area contributed by atoms with Gasteiger partial charge in [-0.2, -0.15) is 5.10 Å². The summed E-state index contributed by atoms with van der Waals surface area (Å²) in [5.41, 5.74) is 7.74. The number of fused-ring (bicyclic) bond motifs is 1. The second-order valence-corrected chi connectivity index (χ2v) is 6.37. The van der Waals surface area contributed by atoms with Crippen molar-refractivity contribution in [2.75, 3.05) is 18.8 Å². The van der Waals surface area contributed by atoms with Crippen molar-refractivity contribution in [2.45, 2.75) is 32.1 Å². The Morgan fingerprint density at radius 3 is 3.16 bits per heavy atom. The van der Waals surface area contributed by atoms with Gasteiger partial charge in [0.05, 0.1) is 5.39 Å². The lowest BCUT2D eigenvalue weighted by molar-refractivity contribution is 0.0695. The molecule has 25 heavy (non-hydrogen) atoms. The van der Waals surface area contributed by atoms with Crippen LogP contribution in [-0.2, 0) is 6.42 Å². The molecule has 4 heterocycles. The number of nitrogens with one attached hydrogen (secondary N) is 1. The minimum atomic E-state index is -0.0850. The largest absolute Gasteiger partial charge is 0.384 e. The van der Waals surface area contributed by atoms with E-state index in [1.807, 2.05) is 24.0 Å². The summed E-state index contributed by atoms with van der Waals surface area (Å²) in [7, 11) is 0. The number of H-pyrrole nitrogens is 1. The number of piperidine rings is 1. The van der Waals surface area contributed by atoms with E-state index in [0.29, 0.717) is 23.7 Å². The van der Waals surface area contributed by atoms with Crippen molar-refractivity contribution >= 4 is 22.8 Å². The van der Waals surface area contributed by atoms with Gasteiger partial charge in [-0.25, -0.2) is 4.98 Å². The van der Waals surface area contributed by atoms with Crippen LogP contribution in [0.5, 0.6) is 0 Å². The van der Waals surface area contributed by atoms with Gasteiger partial charge in [-0.05, 0) is 25.0 Å². The van der Waals surface area contributed by atoms with Gasteiger partial charge in [0, 0.05) is 37.2 Å². The second-order valence-electron chi connectivity index (χ2n) is 6.37. The second kappa shape index (κ2) is 6.19. The number of nitrogens with two attached hydrogens (primary N) is 1. The molecule has 3 aromatic heterocycles. The van der Waals surface area contributed by atoms with Crippen LogP contribution in [-0.4, -0.2) is 44.2 Å². The van der Waals surface area contributed by atoms with Crippen LogP contribution < -0.4 is 5.73 Å². The Labute approximate surface area is 144 Å². The van der Waals surface area contributed by atoms with Crippen LogP contribution >= 0.6 is 0 Å². The van der Waals surface area contributed by atoms with Crippen molar-refractivity contribution in [3.05, 3.63) is 35.3 Å². The number of hydrogen-bond acceptors (Lipinski definition) is 6. The molecule has 3 aromatic rings.